The summed E-state index contributed by atoms with van der Waals surface area (Å²) in [4.78, 5) is 4.25. The Hall–Kier alpha value is -0.790. The van der Waals surface area contributed by atoms with Crippen LogP contribution in [0.2, 0.25) is 0 Å². The summed E-state index contributed by atoms with van der Waals surface area (Å²) >= 11 is 0. The molecule has 0 saturated heterocycles. The van der Waals surface area contributed by atoms with Gasteiger partial charge in [-0.25, -0.2) is 4.98 Å². The molecule has 0 aliphatic rings. The monoisotopic (exact) mass is 194 g/mol. The average molecular weight is 194 g/mol. The predicted octanol–water partition coefficient (Wildman–Crippen LogP) is 3.41. The summed E-state index contributed by atoms with van der Waals surface area (Å²) in [5, 5.41) is 0. The van der Waals surface area contributed by atoms with E-state index in [4.69, 9.17) is 0 Å². The molecule has 0 spiro atoms. The fourth-order valence-electron chi connectivity index (χ4n) is 2.02. The highest BCUT2D eigenvalue weighted by molar-refractivity contribution is 4.88. The number of aryl methyl sites for hydroxylation is 1. The van der Waals surface area contributed by atoms with Crippen LogP contribution in [0.4, 0.5) is 0 Å². The van der Waals surface area contributed by atoms with Crippen LogP contribution in [0.5, 0.6) is 0 Å². The second kappa shape index (κ2) is 5.84. The van der Waals surface area contributed by atoms with Crippen LogP contribution in [0.15, 0.2) is 12.4 Å². The van der Waals surface area contributed by atoms with E-state index in [0.717, 1.165) is 18.3 Å². The van der Waals surface area contributed by atoms with Crippen LogP contribution in [0.3, 0.4) is 0 Å². The zero-order valence-corrected chi connectivity index (χ0v) is 9.66. The molecule has 0 amide bonds. The van der Waals surface area contributed by atoms with Crippen LogP contribution < -0.4 is 0 Å². The molecule has 0 bridgehead atoms. The first-order chi connectivity index (χ1) is 6.77. The molecule has 0 unspecified atom stereocenters. The van der Waals surface area contributed by atoms with Crippen LogP contribution >= 0.6 is 0 Å². The van der Waals surface area contributed by atoms with E-state index in [1.165, 1.54) is 25.7 Å². The first-order valence-electron chi connectivity index (χ1n) is 5.75. The number of rotatable bonds is 6. The molecule has 1 aromatic heterocycles. The molecular weight excluding hydrogens is 172 g/mol. The fourth-order valence-corrected chi connectivity index (χ4v) is 2.02. The van der Waals surface area contributed by atoms with E-state index in [9.17, 15) is 0 Å². The summed E-state index contributed by atoms with van der Waals surface area (Å²) in [6.45, 7) is 7.76. The van der Waals surface area contributed by atoms with Crippen LogP contribution in [-0.4, -0.2) is 9.55 Å². The Morgan fingerprint density at radius 2 is 1.93 bits per heavy atom. The smallest absolute Gasteiger partial charge is 0.105 e. The van der Waals surface area contributed by atoms with Gasteiger partial charge in [0.15, 0.2) is 0 Å². The molecule has 1 rings (SSSR count). The number of imidazole rings is 1. The summed E-state index contributed by atoms with van der Waals surface area (Å²) in [6.07, 6.45) is 9.24. The molecule has 0 saturated carbocycles. The van der Waals surface area contributed by atoms with Crippen LogP contribution in [0.25, 0.3) is 0 Å². The summed E-state index contributed by atoms with van der Waals surface area (Å²) in [5.41, 5.74) is 0. The van der Waals surface area contributed by atoms with Gasteiger partial charge in [0, 0.05) is 18.9 Å². The van der Waals surface area contributed by atoms with Gasteiger partial charge in [0.1, 0.15) is 5.82 Å². The number of aromatic nitrogens is 2. The van der Waals surface area contributed by atoms with E-state index in [1.807, 2.05) is 6.20 Å². The maximum Gasteiger partial charge on any atom is 0.105 e. The molecule has 0 aromatic carbocycles. The van der Waals surface area contributed by atoms with Crippen molar-refractivity contribution < 1.29 is 0 Å². The topological polar surface area (TPSA) is 17.8 Å². The van der Waals surface area contributed by atoms with E-state index < -0.39 is 0 Å². The predicted molar refractivity (Wildman–Crippen MR) is 60.3 cm³/mol. The third-order valence-electron chi connectivity index (χ3n) is 2.77. The number of hydrogen-bond donors (Lipinski definition) is 0. The second-order valence-electron chi connectivity index (χ2n) is 4.07. The van der Waals surface area contributed by atoms with E-state index >= 15 is 0 Å². The third-order valence-corrected chi connectivity index (χ3v) is 2.77. The van der Waals surface area contributed by atoms with E-state index in [0.29, 0.717) is 0 Å². The highest BCUT2D eigenvalue weighted by Gasteiger charge is 2.08. The molecule has 80 valence electrons. The lowest BCUT2D eigenvalue weighted by Crippen LogP contribution is -2.11. The molecule has 0 atom stereocenters. The van der Waals surface area contributed by atoms with Crippen LogP contribution in [0.1, 0.15) is 45.4 Å². The van der Waals surface area contributed by atoms with Crippen molar-refractivity contribution in [2.75, 3.05) is 0 Å². The van der Waals surface area contributed by atoms with Gasteiger partial charge in [0.05, 0.1) is 0 Å². The Labute approximate surface area is 87.4 Å². The number of hydrogen-bond acceptors (Lipinski definition) is 1. The van der Waals surface area contributed by atoms with Crippen molar-refractivity contribution in [3.8, 4) is 0 Å². The standard InChI is InChI=1S/C12H22N2/c1-4-6-12(7-5-2)10-14-9-8-13-11(14)3/h8-9,12H,4-7,10H2,1-3H3. The van der Waals surface area contributed by atoms with Gasteiger partial charge in [0.25, 0.3) is 0 Å². The summed E-state index contributed by atoms with van der Waals surface area (Å²) in [7, 11) is 0. The third kappa shape index (κ3) is 3.17. The Bertz CT molecular complexity index is 247. The first-order valence-corrected chi connectivity index (χ1v) is 5.75. The molecule has 0 aliphatic heterocycles. The molecule has 1 aromatic rings. The summed E-state index contributed by atoms with van der Waals surface area (Å²) in [6, 6.07) is 0. The van der Waals surface area contributed by atoms with Gasteiger partial charge in [0.2, 0.25) is 0 Å². The van der Waals surface area contributed by atoms with Crippen molar-refractivity contribution in [2.45, 2.75) is 53.0 Å². The first kappa shape index (κ1) is 11.3. The minimum absolute atomic E-state index is 0.831. The van der Waals surface area contributed by atoms with E-state index in [2.05, 4.69) is 36.5 Å². The Kier molecular flexibility index (Phi) is 4.71. The molecule has 0 radical (unpaired) electrons. The van der Waals surface area contributed by atoms with Crippen molar-refractivity contribution in [3.63, 3.8) is 0 Å². The van der Waals surface area contributed by atoms with Crippen molar-refractivity contribution in [2.24, 2.45) is 5.92 Å². The normalized spacial score (nSPS) is 11.1. The lowest BCUT2D eigenvalue weighted by Gasteiger charge is -2.16. The highest BCUT2D eigenvalue weighted by Crippen LogP contribution is 2.16. The Balaban J connectivity index is 2.50. The molecule has 2 heteroatoms. The van der Waals surface area contributed by atoms with E-state index in [-0.39, 0.29) is 0 Å². The SMILES string of the molecule is CCCC(CCC)Cn1ccnc1C. The molecular formula is C12H22N2. The quantitative estimate of drug-likeness (QED) is 0.678. The summed E-state index contributed by atoms with van der Waals surface area (Å²) < 4.78 is 2.27. The zero-order valence-electron chi connectivity index (χ0n) is 9.66. The minimum Gasteiger partial charge on any atom is -0.335 e. The van der Waals surface area contributed by atoms with Crippen molar-refractivity contribution in [1.82, 2.24) is 9.55 Å². The van der Waals surface area contributed by atoms with Crippen molar-refractivity contribution in [3.05, 3.63) is 18.2 Å². The molecule has 2 nitrogen and oxygen atoms in total. The molecule has 1 heterocycles. The van der Waals surface area contributed by atoms with Gasteiger partial charge in [-0.3, -0.25) is 0 Å². The lowest BCUT2D eigenvalue weighted by atomic mass is 9.98. The average Bonchev–Trinajstić information content (AvgIpc) is 2.53. The Morgan fingerprint density at radius 1 is 1.29 bits per heavy atom. The number of nitrogens with zero attached hydrogens (tertiary/aromatic N) is 2. The summed E-state index contributed by atoms with van der Waals surface area (Å²) in [5.74, 6) is 1.97. The molecule has 0 aliphatic carbocycles. The minimum atomic E-state index is 0.831. The Morgan fingerprint density at radius 3 is 2.36 bits per heavy atom. The highest BCUT2D eigenvalue weighted by atomic mass is 15.1. The van der Waals surface area contributed by atoms with Gasteiger partial charge in [-0.15, -0.1) is 0 Å². The molecule has 0 fully saturated rings. The second-order valence-corrected chi connectivity index (χ2v) is 4.07. The van der Waals surface area contributed by atoms with Gasteiger partial charge in [-0.1, -0.05) is 26.7 Å². The van der Waals surface area contributed by atoms with Gasteiger partial charge < -0.3 is 4.57 Å². The fraction of sp³-hybridized carbons (Fsp3) is 0.750. The maximum atomic E-state index is 4.25. The largest absolute Gasteiger partial charge is 0.335 e. The van der Waals surface area contributed by atoms with Crippen LogP contribution in [0, 0.1) is 12.8 Å². The molecule has 0 N–H and O–H groups in total. The maximum absolute atomic E-state index is 4.25. The van der Waals surface area contributed by atoms with Crippen molar-refractivity contribution >= 4 is 0 Å². The van der Waals surface area contributed by atoms with E-state index in [1.54, 1.807) is 0 Å². The van der Waals surface area contributed by atoms with Gasteiger partial charge >= 0.3 is 0 Å². The van der Waals surface area contributed by atoms with Gasteiger partial charge in [-0.2, -0.15) is 0 Å². The van der Waals surface area contributed by atoms with Crippen molar-refractivity contribution in [1.29, 1.82) is 0 Å². The zero-order chi connectivity index (χ0) is 10.4. The van der Waals surface area contributed by atoms with Crippen LogP contribution in [-0.2, 0) is 6.54 Å². The lowest BCUT2D eigenvalue weighted by molar-refractivity contribution is 0.378. The van der Waals surface area contributed by atoms with Gasteiger partial charge in [-0.05, 0) is 25.7 Å². The molecule has 14 heavy (non-hydrogen) atoms.